The molecule has 0 aromatic heterocycles. The number of carbonyl (C=O) groups is 1. The molecule has 4 heteroatoms. The number of carboxylic acids is 1. The van der Waals surface area contributed by atoms with Gasteiger partial charge in [-0.1, -0.05) is 0 Å². The fraction of sp³-hybridized carbons (Fsp3) is 0.667. The molecule has 2 nitrogen and oxygen atoms in total. The van der Waals surface area contributed by atoms with Crippen LogP contribution in [0.3, 0.4) is 0 Å². The second kappa shape index (κ2) is 5.18. The van der Waals surface area contributed by atoms with E-state index in [1.54, 1.807) is 0 Å². The maximum Gasteiger partial charge on any atom is 1.00 e. The first-order chi connectivity index (χ1) is 2.64. The Morgan fingerprint density at radius 1 is 1.86 bits per heavy atom. The molecule has 0 N–H and O–H groups in total. The molecule has 0 rings (SSSR count). The maximum atomic E-state index is 11.2. The van der Waals surface area contributed by atoms with Crippen molar-refractivity contribution < 1.29 is 65.7 Å². The summed E-state index contributed by atoms with van der Waals surface area (Å²) in [5, 5.41) is 9.21. The smallest absolute Gasteiger partial charge is 0.547 e. The zero-order valence-corrected chi connectivity index (χ0v) is 7.39. The second-order valence-electron chi connectivity index (χ2n) is 0.935. The van der Waals surface area contributed by atoms with Crippen LogP contribution in [-0.4, -0.2) is 12.1 Å². The molecule has 0 aromatic rings. The van der Waals surface area contributed by atoms with E-state index in [1.165, 1.54) is 0 Å². The minimum absolute atomic E-state index is 0. The van der Waals surface area contributed by atoms with Crippen molar-refractivity contribution in [2.45, 2.75) is 13.1 Å². The summed E-state index contributed by atoms with van der Waals surface area (Å²) in [4.78, 5) is 9.21. The van der Waals surface area contributed by atoms with Gasteiger partial charge in [0.25, 0.3) is 0 Å². The van der Waals surface area contributed by atoms with Crippen LogP contribution < -0.4 is 56.5 Å². The quantitative estimate of drug-likeness (QED) is 0.340. The summed E-state index contributed by atoms with van der Waals surface area (Å²) in [6, 6.07) is 0. The largest absolute Gasteiger partial charge is 1.00 e. The van der Waals surface area contributed by atoms with E-state index in [0.717, 1.165) is 6.92 Å². The van der Waals surface area contributed by atoms with Crippen molar-refractivity contribution in [1.82, 2.24) is 0 Å². The summed E-state index contributed by atoms with van der Waals surface area (Å²) in [5.74, 6) is -1.66. The van der Waals surface area contributed by atoms with E-state index in [0.29, 0.717) is 0 Å². The summed E-state index contributed by atoms with van der Waals surface area (Å²) < 4.78 is 11.2. The van der Waals surface area contributed by atoms with Crippen LogP contribution in [0.4, 0.5) is 4.39 Å². The van der Waals surface area contributed by atoms with E-state index >= 15 is 0 Å². The molecule has 0 aliphatic carbocycles. The van der Waals surface area contributed by atoms with Crippen molar-refractivity contribution in [3.63, 3.8) is 0 Å². The number of carboxylic acid groups (broad SMARTS) is 1. The Bertz CT molecular complexity index is 64.0. The summed E-state index contributed by atoms with van der Waals surface area (Å²) in [6.45, 7) is 0.912. The van der Waals surface area contributed by atoms with Crippen LogP contribution in [-0.2, 0) is 4.79 Å². The standard InChI is InChI=1S/C3H5FO2.K/c1-2(4)3(5)6;/h2H,1H3,(H,5,6);/q;+1/p-1. The summed E-state index contributed by atoms with van der Waals surface area (Å²) in [6.07, 6.45) is -1.84. The van der Waals surface area contributed by atoms with Gasteiger partial charge < -0.3 is 9.90 Å². The molecule has 0 aliphatic heterocycles. The van der Waals surface area contributed by atoms with Crippen molar-refractivity contribution in [2.75, 3.05) is 0 Å². The minimum atomic E-state index is -1.84. The molecule has 1 unspecified atom stereocenters. The van der Waals surface area contributed by atoms with E-state index in [2.05, 4.69) is 0 Å². The van der Waals surface area contributed by atoms with E-state index in [9.17, 15) is 14.3 Å². The third kappa shape index (κ3) is 7.04. The summed E-state index contributed by atoms with van der Waals surface area (Å²) in [5.41, 5.74) is 0. The molecule has 0 spiro atoms. The fourth-order valence-electron chi connectivity index (χ4n) is 0. The molecule has 0 aliphatic rings. The molecule has 0 radical (unpaired) electrons. The van der Waals surface area contributed by atoms with Crippen molar-refractivity contribution >= 4 is 5.97 Å². The van der Waals surface area contributed by atoms with Crippen LogP contribution >= 0.6 is 0 Å². The molecular formula is C3H4FKO2. The Balaban J connectivity index is 0. The van der Waals surface area contributed by atoms with Crippen LogP contribution in [0.25, 0.3) is 0 Å². The molecule has 1 atom stereocenters. The first-order valence-electron chi connectivity index (χ1n) is 1.49. The number of aliphatic carboxylic acids is 1. The molecule has 7 heavy (non-hydrogen) atoms. The van der Waals surface area contributed by atoms with E-state index in [1.807, 2.05) is 0 Å². The Morgan fingerprint density at radius 3 is 2.00 bits per heavy atom. The average Bonchev–Trinajstić information content (AvgIpc) is 1.36. The predicted octanol–water partition coefficient (Wildman–Crippen LogP) is -3.90. The van der Waals surface area contributed by atoms with Crippen LogP contribution in [0.5, 0.6) is 0 Å². The SMILES string of the molecule is CC(F)C(=O)[O-].[K+]. The molecule has 0 amide bonds. The predicted molar refractivity (Wildman–Crippen MR) is 15.6 cm³/mol. The minimum Gasteiger partial charge on any atom is -0.547 e. The van der Waals surface area contributed by atoms with Crippen molar-refractivity contribution in [3.05, 3.63) is 0 Å². The van der Waals surface area contributed by atoms with Gasteiger partial charge in [-0.15, -0.1) is 0 Å². The Hall–Kier alpha value is 1.04. The zero-order valence-electron chi connectivity index (χ0n) is 4.27. The van der Waals surface area contributed by atoms with Crippen LogP contribution in [0.1, 0.15) is 6.92 Å². The number of hydrogen-bond donors (Lipinski definition) is 0. The third-order valence-corrected chi connectivity index (χ3v) is 0.325. The molecule has 0 heterocycles. The van der Waals surface area contributed by atoms with Gasteiger partial charge in [-0.3, -0.25) is 0 Å². The Labute approximate surface area is 83.5 Å². The second-order valence-corrected chi connectivity index (χ2v) is 0.935. The zero-order chi connectivity index (χ0) is 5.15. The number of carbonyl (C=O) groups excluding carboxylic acids is 1. The average molecular weight is 130 g/mol. The molecule has 0 aromatic carbocycles. The van der Waals surface area contributed by atoms with Gasteiger partial charge in [-0.25, -0.2) is 4.39 Å². The van der Waals surface area contributed by atoms with Gasteiger partial charge in [-0.05, 0) is 6.92 Å². The third-order valence-electron chi connectivity index (χ3n) is 0.325. The topological polar surface area (TPSA) is 40.1 Å². The Kier molecular flexibility index (Phi) is 8.08. The van der Waals surface area contributed by atoms with Gasteiger partial charge in [0.15, 0.2) is 0 Å². The van der Waals surface area contributed by atoms with Crippen LogP contribution in [0.15, 0.2) is 0 Å². The molecule has 0 fully saturated rings. The first-order valence-corrected chi connectivity index (χ1v) is 1.49. The normalized spacial score (nSPS) is 11.7. The summed E-state index contributed by atoms with van der Waals surface area (Å²) >= 11 is 0. The van der Waals surface area contributed by atoms with Crippen molar-refractivity contribution in [1.29, 1.82) is 0 Å². The molecule has 0 saturated carbocycles. The van der Waals surface area contributed by atoms with E-state index in [-0.39, 0.29) is 51.4 Å². The molecule has 0 bridgehead atoms. The Morgan fingerprint density at radius 2 is 2.00 bits per heavy atom. The number of rotatable bonds is 1. The van der Waals surface area contributed by atoms with Gasteiger partial charge in [0.05, 0.1) is 5.97 Å². The van der Waals surface area contributed by atoms with Crippen LogP contribution in [0.2, 0.25) is 0 Å². The number of halogens is 1. The first kappa shape index (κ1) is 10.9. The number of alkyl halides is 1. The van der Waals surface area contributed by atoms with Gasteiger partial charge >= 0.3 is 51.4 Å². The van der Waals surface area contributed by atoms with Crippen molar-refractivity contribution in [3.8, 4) is 0 Å². The molecule has 0 saturated heterocycles. The van der Waals surface area contributed by atoms with Crippen molar-refractivity contribution in [2.24, 2.45) is 0 Å². The van der Waals surface area contributed by atoms with Gasteiger partial charge in [0.2, 0.25) is 0 Å². The maximum absolute atomic E-state index is 11.2. The van der Waals surface area contributed by atoms with E-state index < -0.39 is 12.1 Å². The van der Waals surface area contributed by atoms with Gasteiger partial charge in [0.1, 0.15) is 6.17 Å². The number of hydrogen-bond acceptors (Lipinski definition) is 2. The van der Waals surface area contributed by atoms with Crippen LogP contribution in [0, 0.1) is 0 Å². The molecule has 36 valence electrons. The molecular weight excluding hydrogens is 126 g/mol. The van der Waals surface area contributed by atoms with E-state index in [4.69, 9.17) is 0 Å². The van der Waals surface area contributed by atoms with Gasteiger partial charge in [-0.2, -0.15) is 0 Å². The van der Waals surface area contributed by atoms with Gasteiger partial charge in [0, 0.05) is 0 Å². The fourth-order valence-corrected chi connectivity index (χ4v) is 0. The summed E-state index contributed by atoms with van der Waals surface area (Å²) in [7, 11) is 0. The monoisotopic (exact) mass is 130 g/mol.